The molecule has 7 heteroatoms. The minimum absolute atomic E-state index is 0.248. The van der Waals surface area contributed by atoms with Gasteiger partial charge in [0.2, 0.25) is 0 Å². The van der Waals surface area contributed by atoms with Crippen LogP contribution in [0.2, 0.25) is 0 Å². The van der Waals surface area contributed by atoms with Crippen molar-refractivity contribution in [2.24, 2.45) is 0 Å². The maximum Gasteiger partial charge on any atom is 0.416 e. The Kier molecular flexibility index (Phi) is 3.82. The average molecular weight is 348 g/mol. The summed E-state index contributed by atoms with van der Waals surface area (Å²) in [5.74, 6) is 0.454. The zero-order valence-electron chi connectivity index (χ0n) is 10.9. The minimum atomic E-state index is -4.33. The van der Waals surface area contributed by atoms with Gasteiger partial charge in [-0.05, 0) is 47.5 Å². The van der Waals surface area contributed by atoms with Crippen LogP contribution >= 0.6 is 15.9 Å². The highest BCUT2D eigenvalue weighted by Gasteiger charge is 2.30. The van der Waals surface area contributed by atoms with Gasteiger partial charge >= 0.3 is 6.18 Å². The molecule has 0 bridgehead atoms. The van der Waals surface area contributed by atoms with Crippen LogP contribution in [0.15, 0.2) is 28.7 Å². The molecule has 0 radical (unpaired) electrons. The molecule has 0 aliphatic heterocycles. The number of halogens is 4. The van der Waals surface area contributed by atoms with Gasteiger partial charge in [0, 0.05) is 0 Å². The summed E-state index contributed by atoms with van der Waals surface area (Å²) in [6, 6.07) is 4.76. The van der Waals surface area contributed by atoms with Crippen molar-refractivity contribution in [2.45, 2.75) is 26.1 Å². The molecule has 1 aromatic heterocycles. The fourth-order valence-electron chi connectivity index (χ4n) is 1.93. The van der Waals surface area contributed by atoms with Crippen molar-refractivity contribution in [3.8, 4) is 0 Å². The van der Waals surface area contributed by atoms with Crippen LogP contribution in [-0.4, -0.2) is 9.78 Å². The van der Waals surface area contributed by atoms with Crippen LogP contribution in [0, 0.1) is 6.92 Å². The first kappa shape index (κ1) is 14.9. The molecule has 20 heavy (non-hydrogen) atoms. The maximum atomic E-state index is 12.5. The van der Waals surface area contributed by atoms with Gasteiger partial charge in [-0.25, -0.2) is 4.68 Å². The number of nitrogens with zero attached hydrogens (tertiary/aromatic N) is 2. The van der Waals surface area contributed by atoms with Crippen LogP contribution in [0.25, 0.3) is 0 Å². The molecule has 0 saturated carbocycles. The van der Waals surface area contributed by atoms with Crippen molar-refractivity contribution < 1.29 is 13.2 Å². The van der Waals surface area contributed by atoms with E-state index in [2.05, 4.69) is 21.0 Å². The highest BCUT2D eigenvalue weighted by Crippen LogP contribution is 2.32. The third-order valence-corrected chi connectivity index (χ3v) is 4.11. The van der Waals surface area contributed by atoms with E-state index >= 15 is 0 Å². The van der Waals surface area contributed by atoms with E-state index in [-0.39, 0.29) is 6.04 Å². The Morgan fingerprint density at radius 2 is 1.80 bits per heavy atom. The normalized spacial score (nSPS) is 13.5. The van der Waals surface area contributed by atoms with Crippen LogP contribution < -0.4 is 5.73 Å². The first-order chi connectivity index (χ1) is 9.21. The number of hydrogen-bond acceptors (Lipinski definition) is 2. The lowest BCUT2D eigenvalue weighted by molar-refractivity contribution is -0.137. The predicted octanol–water partition coefficient (Wildman–Crippen LogP) is 4.16. The van der Waals surface area contributed by atoms with Gasteiger partial charge in [0.1, 0.15) is 5.82 Å². The first-order valence-corrected chi connectivity index (χ1v) is 6.68. The molecule has 0 fully saturated rings. The van der Waals surface area contributed by atoms with Gasteiger partial charge in [0.25, 0.3) is 0 Å². The molecule has 1 atom stereocenters. The molecule has 3 nitrogen and oxygen atoms in total. The van der Waals surface area contributed by atoms with Gasteiger partial charge in [-0.1, -0.05) is 12.1 Å². The second-order valence-corrected chi connectivity index (χ2v) is 5.32. The molecule has 0 spiro atoms. The lowest BCUT2D eigenvalue weighted by Gasteiger charge is -2.15. The van der Waals surface area contributed by atoms with Gasteiger partial charge in [0.15, 0.2) is 0 Å². The van der Waals surface area contributed by atoms with Crippen molar-refractivity contribution in [3.05, 3.63) is 45.6 Å². The molecule has 0 saturated heterocycles. The molecular formula is C13H13BrF3N3. The number of benzene rings is 1. The first-order valence-electron chi connectivity index (χ1n) is 5.89. The highest BCUT2D eigenvalue weighted by molar-refractivity contribution is 9.10. The second-order valence-electron chi connectivity index (χ2n) is 4.52. The molecule has 1 heterocycles. The van der Waals surface area contributed by atoms with Crippen molar-refractivity contribution in [1.82, 2.24) is 9.78 Å². The molecule has 2 rings (SSSR count). The van der Waals surface area contributed by atoms with Gasteiger partial charge in [0.05, 0.1) is 21.8 Å². The largest absolute Gasteiger partial charge is 0.416 e. The van der Waals surface area contributed by atoms with E-state index in [1.165, 1.54) is 12.1 Å². The third-order valence-electron chi connectivity index (χ3n) is 3.13. The topological polar surface area (TPSA) is 43.8 Å². The minimum Gasteiger partial charge on any atom is -0.383 e. The quantitative estimate of drug-likeness (QED) is 0.886. The van der Waals surface area contributed by atoms with E-state index in [9.17, 15) is 13.2 Å². The van der Waals surface area contributed by atoms with Crippen LogP contribution in [-0.2, 0) is 6.18 Å². The summed E-state index contributed by atoms with van der Waals surface area (Å²) in [4.78, 5) is 0. The number of rotatable bonds is 2. The van der Waals surface area contributed by atoms with Gasteiger partial charge < -0.3 is 5.73 Å². The number of aromatic nitrogens is 2. The summed E-state index contributed by atoms with van der Waals surface area (Å²) < 4.78 is 39.9. The summed E-state index contributed by atoms with van der Waals surface area (Å²) in [6.07, 6.45) is -4.33. The Labute approximate surface area is 122 Å². The molecule has 2 aromatic rings. The summed E-state index contributed by atoms with van der Waals surface area (Å²) in [7, 11) is 0. The van der Waals surface area contributed by atoms with Crippen molar-refractivity contribution in [3.63, 3.8) is 0 Å². The number of alkyl halides is 3. The van der Waals surface area contributed by atoms with Gasteiger partial charge in [-0.3, -0.25) is 0 Å². The maximum absolute atomic E-state index is 12.5. The Morgan fingerprint density at radius 3 is 2.20 bits per heavy atom. The molecule has 0 amide bonds. The van der Waals surface area contributed by atoms with Crippen molar-refractivity contribution in [1.29, 1.82) is 0 Å². The van der Waals surface area contributed by atoms with E-state index in [0.717, 1.165) is 17.8 Å². The molecule has 0 aliphatic rings. The van der Waals surface area contributed by atoms with E-state index in [1.54, 1.807) is 11.6 Å². The van der Waals surface area contributed by atoms with E-state index in [4.69, 9.17) is 5.73 Å². The zero-order valence-corrected chi connectivity index (χ0v) is 12.5. The van der Waals surface area contributed by atoms with E-state index in [0.29, 0.717) is 15.9 Å². The molecule has 1 unspecified atom stereocenters. The monoisotopic (exact) mass is 347 g/mol. The number of hydrogen-bond donors (Lipinski definition) is 1. The average Bonchev–Trinajstić information content (AvgIpc) is 2.65. The summed E-state index contributed by atoms with van der Waals surface area (Å²) in [5.41, 5.74) is 6.69. The standard InChI is InChI=1S/C13H13BrF3N3/c1-7-11(14)12(18)20(19-7)8(2)9-3-5-10(6-4-9)13(15,16)17/h3-6,8H,18H2,1-2H3. The lowest BCUT2D eigenvalue weighted by Crippen LogP contribution is -2.12. The Bertz CT molecular complexity index is 617. The Hall–Kier alpha value is -1.50. The van der Waals surface area contributed by atoms with Gasteiger partial charge in [-0.15, -0.1) is 0 Å². The molecule has 2 N–H and O–H groups in total. The molecule has 1 aromatic carbocycles. The fraction of sp³-hybridized carbons (Fsp3) is 0.308. The van der Waals surface area contributed by atoms with Crippen molar-refractivity contribution in [2.75, 3.05) is 5.73 Å². The Balaban J connectivity index is 2.34. The van der Waals surface area contributed by atoms with Crippen LogP contribution in [0.1, 0.15) is 29.8 Å². The summed E-state index contributed by atoms with van der Waals surface area (Å²) >= 11 is 3.32. The predicted molar refractivity (Wildman–Crippen MR) is 74.3 cm³/mol. The van der Waals surface area contributed by atoms with Crippen LogP contribution in [0.4, 0.5) is 19.0 Å². The second kappa shape index (κ2) is 5.12. The Morgan fingerprint density at radius 1 is 1.25 bits per heavy atom. The van der Waals surface area contributed by atoms with E-state index in [1.807, 2.05) is 6.92 Å². The van der Waals surface area contributed by atoms with E-state index < -0.39 is 11.7 Å². The highest BCUT2D eigenvalue weighted by atomic mass is 79.9. The summed E-state index contributed by atoms with van der Waals surface area (Å²) in [5, 5.41) is 4.28. The smallest absolute Gasteiger partial charge is 0.383 e. The molecule has 0 aliphatic carbocycles. The van der Waals surface area contributed by atoms with Crippen LogP contribution in [0.5, 0.6) is 0 Å². The molecule has 108 valence electrons. The number of nitrogens with two attached hydrogens (primary N) is 1. The number of anilines is 1. The van der Waals surface area contributed by atoms with Crippen molar-refractivity contribution >= 4 is 21.7 Å². The summed E-state index contributed by atoms with van der Waals surface area (Å²) in [6.45, 7) is 3.63. The SMILES string of the molecule is Cc1nn(C(C)c2ccc(C(F)(F)F)cc2)c(N)c1Br. The number of nitrogen functional groups attached to an aromatic ring is 1. The zero-order chi connectivity index (χ0) is 15.1. The third kappa shape index (κ3) is 2.67. The van der Waals surface area contributed by atoms with Gasteiger partial charge in [-0.2, -0.15) is 18.3 Å². The molecular weight excluding hydrogens is 335 g/mol. The fourth-order valence-corrected chi connectivity index (χ4v) is 2.19. The lowest BCUT2D eigenvalue weighted by atomic mass is 10.1. The van der Waals surface area contributed by atoms with Crippen LogP contribution in [0.3, 0.4) is 0 Å². The number of aryl methyl sites for hydroxylation is 1.